The summed E-state index contributed by atoms with van der Waals surface area (Å²) in [5.74, 6) is 0.451. The highest BCUT2D eigenvalue weighted by atomic mass is 35.5. The predicted octanol–water partition coefficient (Wildman–Crippen LogP) is 0.402. The van der Waals surface area contributed by atoms with Crippen LogP contribution in [-0.4, -0.2) is 21.7 Å². The van der Waals surface area contributed by atoms with Crippen LogP contribution in [0.25, 0.3) is 0 Å². The zero-order valence-corrected chi connectivity index (χ0v) is 6.17. The van der Waals surface area contributed by atoms with Gasteiger partial charge in [-0.2, -0.15) is 5.10 Å². The summed E-state index contributed by atoms with van der Waals surface area (Å²) in [5.41, 5.74) is 0. The van der Waals surface area contributed by atoms with E-state index in [1.54, 1.807) is 7.05 Å². The van der Waals surface area contributed by atoms with Crippen LogP contribution in [-0.2, 0) is 7.05 Å². The van der Waals surface area contributed by atoms with E-state index in [4.69, 9.17) is 21.4 Å². The molecule has 0 atom stereocenters. The summed E-state index contributed by atoms with van der Waals surface area (Å²) in [6.45, 7) is -0.365. The van der Waals surface area contributed by atoms with Crippen molar-refractivity contribution in [2.45, 2.75) is 0 Å². The molecular weight excluding hydrogens is 156 g/mol. The minimum Gasteiger partial charge on any atom is -0.451 e. The predicted molar refractivity (Wildman–Crippen MR) is 35.9 cm³/mol. The minimum absolute atomic E-state index is 0.353. The summed E-state index contributed by atoms with van der Waals surface area (Å²) < 4.78 is 6.17. The molecule has 0 unspecified atom stereocenters. The summed E-state index contributed by atoms with van der Waals surface area (Å²) in [6.07, 6.45) is 0. The molecule has 0 saturated heterocycles. The Kier molecular flexibility index (Phi) is 2.13. The molecule has 56 valence electrons. The Morgan fingerprint density at radius 1 is 1.90 bits per heavy atom. The van der Waals surface area contributed by atoms with E-state index in [1.807, 2.05) is 0 Å². The highest BCUT2D eigenvalue weighted by Crippen LogP contribution is 2.14. The van der Waals surface area contributed by atoms with Gasteiger partial charge in [-0.3, -0.25) is 0 Å². The quantitative estimate of drug-likeness (QED) is 0.641. The number of hydrogen-bond acceptors (Lipinski definition) is 3. The molecule has 0 aromatic carbocycles. The van der Waals surface area contributed by atoms with Gasteiger partial charge in [0.25, 0.3) is 0 Å². The lowest BCUT2D eigenvalue weighted by Crippen LogP contribution is -2.00. The number of halogens is 1. The van der Waals surface area contributed by atoms with Gasteiger partial charge in [-0.1, -0.05) is 11.6 Å². The summed E-state index contributed by atoms with van der Waals surface area (Å²) in [7, 11) is 1.68. The maximum absolute atomic E-state index is 8.35. The Morgan fingerprint density at radius 3 is 3.00 bits per heavy atom. The van der Waals surface area contributed by atoms with Crippen LogP contribution in [0.5, 0.6) is 5.88 Å². The molecule has 4 nitrogen and oxygen atoms in total. The zero-order valence-electron chi connectivity index (χ0n) is 5.41. The first-order valence-corrected chi connectivity index (χ1v) is 3.05. The molecule has 0 aliphatic heterocycles. The Balaban J connectivity index is 2.81. The summed E-state index contributed by atoms with van der Waals surface area (Å²) >= 11 is 5.51. The van der Waals surface area contributed by atoms with E-state index in [1.165, 1.54) is 10.7 Å². The third-order valence-corrected chi connectivity index (χ3v) is 1.20. The van der Waals surface area contributed by atoms with Crippen LogP contribution in [0.3, 0.4) is 0 Å². The Morgan fingerprint density at radius 2 is 2.60 bits per heavy atom. The second kappa shape index (κ2) is 2.90. The van der Waals surface area contributed by atoms with E-state index in [0.29, 0.717) is 11.0 Å². The number of aryl methyl sites for hydroxylation is 1. The molecule has 1 rings (SSSR count). The SMILES string of the molecule is Cn1nc(Cl)cc1OCO. The number of aromatic nitrogens is 2. The van der Waals surface area contributed by atoms with Crippen LogP contribution in [0, 0.1) is 0 Å². The molecule has 0 fully saturated rings. The van der Waals surface area contributed by atoms with Crippen molar-refractivity contribution in [3.05, 3.63) is 11.2 Å². The second-order valence-electron chi connectivity index (χ2n) is 1.70. The van der Waals surface area contributed by atoms with Crippen LogP contribution in [0.15, 0.2) is 6.07 Å². The molecule has 0 spiro atoms. The molecule has 0 bridgehead atoms. The van der Waals surface area contributed by atoms with Crippen LogP contribution >= 0.6 is 11.6 Å². The van der Waals surface area contributed by atoms with Crippen molar-refractivity contribution in [2.24, 2.45) is 7.05 Å². The van der Waals surface area contributed by atoms with E-state index in [9.17, 15) is 0 Å². The van der Waals surface area contributed by atoms with Crippen molar-refractivity contribution in [1.29, 1.82) is 0 Å². The molecule has 0 radical (unpaired) electrons. The molecule has 10 heavy (non-hydrogen) atoms. The van der Waals surface area contributed by atoms with Crippen molar-refractivity contribution in [2.75, 3.05) is 6.79 Å². The van der Waals surface area contributed by atoms with Gasteiger partial charge in [0.15, 0.2) is 11.9 Å². The topological polar surface area (TPSA) is 47.3 Å². The highest BCUT2D eigenvalue weighted by molar-refractivity contribution is 6.29. The summed E-state index contributed by atoms with van der Waals surface area (Å²) in [5, 5.41) is 12.5. The lowest BCUT2D eigenvalue weighted by molar-refractivity contribution is 0.0898. The van der Waals surface area contributed by atoms with Crippen LogP contribution < -0.4 is 4.74 Å². The van der Waals surface area contributed by atoms with Gasteiger partial charge in [0.05, 0.1) is 0 Å². The lowest BCUT2D eigenvalue weighted by Gasteiger charge is -1.98. The van der Waals surface area contributed by atoms with Gasteiger partial charge in [0.2, 0.25) is 5.88 Å². The number of hydrogen-bond donors (Lipinski definition) is 1. The average Bonchev–Trinajstić information content (AvgIpc) is 2.13. The maximum Gasteiger partial charge on any atom is 0.215 e. The number of rotatable bonds is 2. The summed E-state index contributed by atoms with van der Waals surface area (Å²) in [6, 6.07) is 1.53. The average molecular weight is 163 g/mol. The van der Waals surface area contributed by atoms with Crippen LogP contribution in [0.4, 0.5) is 0 Å². The van der Waals surface area contributed by atoms with Gasteiger partial charge in [-0.05, 0) is 0 Å². The first kappa shape index (κ1) is 7.37. The summed E-state index contributed by atoms with van der Waals surface area (Å²) in [4.78, 5) is 0. The number of nitrogens with zero attached hydrogens (tertiary/aromatic N) is 2. The van der Waals surface area contributed by atoms with Gasteiger partial charge in [0.1, 0.15) is 0 Å². The highest BCUT2D eigenvalue weighted by Gasteiger charge is 2.01. The largest absolute Gasteiger partial charge is 0.451 e. The fraction of sp³-hybridized carbons (Fsp3) is 0.400. The van der Waals surface area contributed by atoms with Gasteiger partial charge >= 0.3 is 0 Å². The molecule has 0 aliphatic carbocycles. The van der Waals surface area contributed by atoms with E-state index in [-0.39, 0.29) is 6.79 Å². The smallest absolute Gasteiger partial charge is 0.215 e. The second-order valence-corrected chi connectivity index (χ2v) is 2.09. The first-order chi connectivity index (χ1) is 4.74. The Bertz CT molecular complexity index is 223. The molecule has 0 aliphatic rings. The molecule has 1 aromatic rings. The minimum atomic E-state index is -0.365. The van der Waals surface area contributed by atoms with E-state index >= 15 is 0 Å². The molecule has 1 heterocycles. The molecule has 1 N–H and O–H groups in total. The van der Waals surface area contributed by atoms with Crippen LogP contribution in [0.1, 0.15) is 0 Å². The number of aliphatic hydroxyl groups excluding tert-OH is 1. The molecule has 5 heteroatoms. The Labute approximate surface area is 63.0 Å². The van der Waals surface area contributed by atoms with Crippen molar-refractivity contribution >= 4 is 11.6 Å². The third-order valence-electron chi connectivity index (χ3n) is 1.02. The number of ether oxygens (including phenoxy) is 1. The Hall–Kier alpha value is -0.740. The normalized spacial score (nSPS) is 9.90. The van der Waals surface area contributed by atoms with Crippen molar-refractivity contribution in [3.8, 4) is 5.88 Å². The van der Waals surface area contributed by atoms with Gasteiger partial charge < -0.3 is 9.84 Å². The molecular formula is C5H7ClN2O2. The van der Waals surface area contributed by atoms with Crippen molar-refractivity contribution < 1.29 is 9.84 Å². The molecule has 0 saturated carbocycles. The van der Waals surface area contributed by atoms with E-state index < -0.39 is 0 Å². The zero-order chi connectivity index (χ0) is 7.56. The van der Waals surface area contributed by atoms with Crippen molar-refractivity contribution in [1.82, 2.24) is 9.78 Å². The van der Waals surface area contributed by atoms with E-state index in [2.05, 4.69) is 5.10 Å². The standard InChI is InChI=1S/C5H7ClN2O2/c1-8-5(10-3-9)2-4(6)7-8/h2,9H,3H2,1H3. The van der Waals surface area contributed by atoms with Gasteiger partial charge in [-0.25, -0.2) is 4.68 Å². The molecule has 1 aromatic heterocycles. The van der Waals surface area contributed by atoms with Gasteiger partial charge in [0, 0.05) is 13.1 Å². The fourth-order valence-electron chi connectivity index (χ4n) is 0.618. The fourth-order valence-corrected chi connectivity index (χ4v) is 0.825. The first-order valence-electron chi connectivity index (χ1n) is 2.67. The van der Waals surface area contributed by atoms with Gasteiger partial charge in [-0.15, -0.1) is 0 Å². The van der Waals surface area contributed by atoms with Crippen molar-refractivity contribution in [3.63, 3.8) is 0 Å². The molecule has 0 amide bonds. The van der Waals surface area contributed by atoms with Crippen LogP contribution in [0.2, 0.25) is 5.15 Å². The third kappa shape index (κ3) is 1.40. The lowest BCUT2D eigenvalue weighted by atomic mass is 10.7. The monoisotopic (exact) mass is 162 g/mol. The number of aliphatic hydroxyl groups is 1. The van der Waals surface area contributed by atoms with E-state index in [0.717, 1.165) is 0 Å². The maximum atomic E-state index is 8.35.